The van der Waals surface area contributed by atoms with Crippen molar-refractivity contribution in [3.05, 3.63) is 18.6 Å². The fourth-order valence-corrected chi connectivity index (χ4v) is 4.00. The predicted molar refractivity (Wildman–Crippen MR) is 95.6 cm³/mol. The Kier molecular flexibility index (Phi) is 3.46. The summed E-state index contributed by atoms with van der Waals surface area (Å²) in [5.41, 5.74) is 0.697. The van der Waals surface area contributed by atoms with Crippen molar-refractivity contribution in [2.24, 2.45) is 5.41 Å². The number of fused-ring (bicyclic) bond motifs is 1. The molecule has 1 N–H and O–H groups in total. The van der Waals surface area contributed by atoms with Gasteiger partial charge in [0.1, 0.15) is 23.4 Å². The van der Waals surface area contributed by atoms with Crippen molar-refractivity contribution >= 4 is 22.9 Å². The highest BCUT2D eigenvalue weighted by Crippen LogP contribution is 2.51. The van der Waals surface area contributed by atoms with Crippen LogP contribution in [0.15, 0.2) is 18.6 Å². The Morgan fingerprint density at radius 1 is 1.36 bits per heavy atom. The van der Waals surface area contributed by atoms with Crippen LogP contribution in [-0.2, 0) is 4.74 Å². The molecule has 2 aliphatic rings. The second-order valence-electron chi connectivity index (χ2n) is 8.45. The zero-order valence-electron chi connectivity index (χ0n) is 15.2. The number of anilines is 1. The lowest BCUT2D eigenvalue weighted by Gasteiger charge is -2.60. The Balaban J connectivity index is 1.35. The van der Waals surface area contributed by atoms with E-state index in [-0.39, 0.29) is 11.5 Å². The van der Waals surface area contributed by atoms with Gasteiger partial charge in [0.25, 0.3) is 0 Å². The fraction of sp³-hybridized carbons (Fsp3) is 0.611. The number of carbonyl (C=O) groups is 1. The summed E-state index contributed by atoms with van der Waals surface area (Å²) in [6, 6.07) is 2.47. The lowest BCUT2D eigenvalue weighted by atomic mass is 9.60. The van der Waals surface area contributed by atoms with Crippen molar-refractivity contribution in [3.8, 4) is 0 Å². The van der Waals surface area contributed by atoms with Crippen LogP contribution < -0.4 is 4.90 Å². The molecule has 0 bridgehead atoms. The number of ether oxygens (including phenoxy) is 1. The minimum absolute atomic E-state index is 0.195. The molecule has 7 heteroatoms. The summed E-state index contributed by atoms with van der Waals surface area (Å²) < 4.78 is 5.44. The third-order valence-corrected chi connectivity index (χ3v) is 5.26. The predicted octanol–water partition coefficient (Wildman–Crippen LogP) is 2.79. The first kappa shape index (κ1) is 16.2. The molecule has 134 valence electrons. The topological polar surface area (TPSA) is 74.4 Å². The van der Waals surface area contributed by atoms with Gasteiger partial charge in [-0.05, 0) is 39.7 Å². The molecule has 0 aromatic carbocycles. The highest BCUT2D eigenvalue weighted by Gasteiger charge is 2.55. The van der Waals surface area contributed by atoms with Crippen LogP contribution in [-0.4, -0.2) is 57.7 Å². The maximum Gasteiger partial charge on any atom is 0.410 e. The summed E-state index contributed by atoms with van der Waals surface area (Å²) in [5.74, 6) is 0.967. The van der Waals surface area contributed by atoms with Crippen LogP contribution in [0.4, 0.5) is 10.6 Å². The van der Waals surface area contributed by atoms with Crippen LogP contribution in [0.3, 0.4) is 0 Å². The van der Waals surface area contributed by atoms with Gasteiger partial charge in [0, 0.05) is 37.8 Å². The van der Waals surface area contributed by atoms with E-state index in [0.29, 0.717) is 6.04 Å². The summed E-state index contributed by atoms with van der Waals surface area (Å²) in [7, 11) is 2.09. The minimum Gasteiger partial charge on any atom is -0.444 e. The standard InChI is InChI=1S/C18H25N5O2/c1-17(2,3)25-16(24)23-9-18(10-23)7-12(8-18)22(4)15-13-5-6-19-14(13)20-11-21-15/h5-6,11-12H,7-10H2,1-4H3,(H,19,20,21). The van der Waals surface area contributed by atoms with Gasteiger partial charge in [-0.1, -0.05) is 0 Å². The molecule has 3 heterocycles. The van der Waals surface area contributed by atoms with Gasteiger partial charge >= 0.3 is 6.09 Å². The van der Waals surface area contributed by atoms with Crippen molar-refractivity contribution in [2.45, 2.75) is 45.3 Å². The fourth-order valence-electron chi connectivity index (χ4n) is 4.00. The lowest BCUT2D eigenvalue weighted by Crippen LogP contribution is -2.67. The number of amides is 1. The summed E-state index contributed by atoms with van der Waals surface area (Å²) in [4.78, 5) is 28.0. The Morgan fingerprint density at radius 3 is 2.76 bits per heavy atom. The van der Waals surface area contributed by atoms with Crippen LogP contribution in [0.1, 0.15) is 33.6 Å². The molecule has 1 aliphatic heterocycles. The number of likely N-dealkylation sites (tertiary alicyclic amines) is 1. The van der Waals surface area contributed by atoms with E-state index in [4.69, 9.17) is 4.74 Å². The summed E-state index contributed by atoms with van der Waals surface area (Å²) in [6.07, 6.45) is 5.47. The molecule has 1 saturated carbocycles. The Labute approximate surface area is 147 Å². The van der Waals surface area contributed by atoms with Crippen LogP contribution in [0.25, 0.3) is 11.0 Å². The van der Waals surface area contributed by atoms with Crippen molar-refractivity contribution < 1.29 is 9.53 Å². The number of nitrogens with zero attached hydrogens (tertiary/aromatic N) is 4. The molecule has 4 rings (SSSR count). The second kappa shape index (κ2) is 5.34. The summed E-state index contributed by atoms with van der Waals surface area (Å²) >= 11 is 0. The van der Waals surface area contributed by atoms with Crippen LogP contribution in [0.2, 0.25) is 0 Å². The first-order valence-corrected chi connectivity index (χ1v) is 8.75. The third-order valence-electron chi connectivity index (χ3n) is 5.26. The average molecular weight is 343 g/mol. The van der Waals surface area contributed by atoms with E-state index in [0.717, 1.165) is 42.8 Å². The molecular weight excluding hydrogens is 318 g/mol. The van der Waals surface area contributed by atoms with Gasteiger partial charge in [-0.3, -0.25) is 0 Å². The first-order valence-electron chi connectivity index (χ1n) is 8.75. The molecule has 1 saturated heterocycles. The van der Waals surface area contributed by atoms with Gasteiger partial charge in [-0.25, -0.2) is 14.8 Å². The molecule has 0 unspecified atom stereocenters. The maximum absolute atomic E-state index is 12.1. The van der Waals surface area contributed by atoms with Gasteiger partial charge in [-0.15, -0.1) is 0 Å². The molecular formula is C18H25N5O2. The van der Waals surface area contributed by atoms with Crippen molar-refractivity contribution in [1.82, 2.24) is 19.9 Å². The van der Waals surface area contributed by atoms with E-state index >= 15 is 0 Å². The average Bonchev–Trinajstić information content (AvgIpc) is 2.90. The van der Waals surface area contributed by atoms with E-state index in [1.807, 2.05) is 37.9 Å². The molecule has 7 nitrogen and oxygen atoms in total. The Morgan fingerprint density at radius 2 is 2.08 bits per heavy atom. The molecule has 2 aromatic heterocycles. The number of aromatic amines is 1. The van der Waals surface area contributed by atoms with E-state index in [1.54, 1.807) is 6.33 Å². The van der Waals surface area contributed by atoms with E-state index < -0.39 is 5.60 Å². The molecule has 2 aromatic rings. The van der Waals surface area contributed by atoms with Crippen molar-refractivity contribution in [2.75, 3.05) is 25.0 Å². The molecule has 0 radical (unpaired) electrons. The highest BCUT2D eigenvalue weighted by atomic mass is 16.6. The zero-order valence-corrected chi connectivity index (χ0v) is 15.2. The zero-order chi connectivity index (χ0) is 17.8. The van der Waals surface area contributed by atoms with Crippen molar-refractivity contribution in [1.29, 1.82) is 0 Å². The molecule has 1 amide bonds. The number of rotatable bonds is 2. The highest BCUT2D eigenvalue weighted by molar-refractivity contribution is 5.87. The van der Waals surface area contributed by atoms with Gasteiger partial charge < -0.3 is 19.5 Å². The van der Waals surface area contributed by atoms with E-state index in [1.165, 1.54) is 0 Å². The van der Waals surface area contributed by atoms with Gasteiger partial charge in [0.2, 0.25) is 0 Å². The lowest BCUT2D eigenvalue weighted by molar-refractivity contribution is -0.0774. The Hall–Kier alpha value is -2.31. The third kappa shape index (κ3) is 2.81. The van der Waals surface area contributed by atoms with Gasteiger partial charge in [0.05, 0.1) is 5.39 Å². The van der Waals surface area contributed by atoms with Gasteiger partial charge in [0.15, 0.2) is 0 Å². The minimum atomic E-state index is -0.433. The number of nitrogens with one attached hydrogen (secondary N) is 1. The molecule has 1 aliphatic carbocycles. The quantitative estimate of drug-likeness (QED) is 0.907. The number of carbonyl (C=O) groups excluding carboxylic acids is 1. The molecule has 0 atom stereocenters. The first-order chi connectivity index (χ1) is 11.8. The van der Waals surface area contributed by atoms with Gasteiger partial charge in [-0.2, -0.15) is 0 Å². The second-order valence-corrected chi connectivity index (χ2v) is 8.45. The molecule has 1 spiro atoms. The number of hydrogen-bond donors (Lipinski definition) is 1. The summed E-state index contributed by atoms with van der Waals surface area (Å²) in [6.45, 7) is 7.31. The Bertz CT molecular complexity index is 795. The smallest absolute Gasteiger partial charge is 0.410 e. The van der Waals surface area contributed by atoms with E-state index in [2.05, 4.69) is 26.9 Å². The SMILES string of the molecule is CN(c1ncnc2[nH]ccc12)C1CC2(C1)CN(C(=O)OC(C)(C)C)C2. The number of H-pyrrole nitrogens is 1. The maximum atomic E-state index is 12.1. The van der Waals surface area contributed by atoms with Crippen LogP contribution in [0.5, 0.6) is 0 Å². The molecule has 25 heavy (non-hydrogen) atoms. The van der Waals surface area contributed by atoms with Crippen LogP contribution in [0, 0.1) is 5.41 Å². The van der Waals surface area contributed by atoms with Crippen LogP contribution >= 0.6 is 0 Å². The number of hydrogen-bond acceptors (Lipinski definition) is 5. The number of aromatic nitrogens is 3. The van der Waals surface area contributed by atoms with E-state index in [9.17, 15) is 4.79 Å². The normalized spacial score (nSPS) is 19.6. The molecule has 2 fully saturated rings. The van der Waals surface area contributed by atoms with Crippen molar-refractivity contribution in [3.63, 3.8) is 0 Å². The summed E-state index contributed by atoms with van der Waals surface area (Å²) in [5, 5.41) is 1.05. The largest absolute Gasteiger partial charge is 0.444 e. The monoisotopic (exact) mass is 343 g/mol.